The lowest BCUT2D eigenvalue weighted by Crippen LogP contribution is -2.30. The van der Waals surface area contributed by atoms with Crippen LogP contribution in [-0.2, 0) is 19.1 Å². The first-order valence-corrected chi connectivity index (χ1v) is 6.91. The highest BCUT2D eigenvalue weighted by atomic mass is 16.5. The van der Waals surface area contributed by atoms with Crippen molar-refractivity contribution in [1.82, 2.24) is 5.32 Å². The molecule has 0 aromatic heterocycles. The van der Waals surface area contributed by atoms with Crippen LogP contribution in [0.2, 0.25) is 0 Å². The van der Waals surface area contributed by atoms with Gasteiger partial charge in [-0.1, -0.05) is 13.8 Å². The van der Waals surface area contributed by atoms with Gasteiger partial charge in [-0.25, -0.2) is 0 Å². The van der Waals surface area contributed by atoms with E-state index in [2.05, 4.69) is 5.32 Å². The Bertz CT molecular complexity index is 264. The molecular formula is C14H27NO4. The van der Waals surface area contributed by atoms with Gasteiger partial charge in [0.25, 0.3) is 0 Å². The summed E-state index contributed by atoms with van der Waals surface area (Å²) in [5.74, 6) is 0.282. The van der Waals surface area contributed by atoms with Gasteiger partial charge in [-0.15, -0.1) is 0 Å². The second kappa shape index (κ2) is 10.9. The van der Waals surface area contributed by atoms with Crippen molar-refractivity contribution in [3.8, 4) is 0 Å². The van der Waals surface area contributed by atoms with E-state index in [1.54, 1.807) is 0 Å². The van der Waals surface area contributed by atoms with Gasteiger partial charge in [0, 0.05) is 24.8 Å². The van der Waals surface area contributed by atoms with Gasteiger partial charge in [-0.3, -0.25) is 9.59 Å². The van der Waals surface area contributed by atoms with Crippen molar-refractivity contribution in [1.29, 1.82) is 0 Å². The highest BCUT2D eigenvalue weighted by molar-refractivity contribution is 5.80. The summed E-state index contributed by atoms with van der Waals surface area (Å²) in [6.07, 6.45) is 0.818. The van der Waals surface area contributed by atoms with E-state index >= 15 is 0 Å². The van der Waals surface area contributed by atoms with E-state index < -0.39 is 0 Å². The van der Waals surface area contributed by atoms with E-state index in [-0.39, 0.29) is 23.7 Å². The Balaban J connectivity index is 3.28. The van der Waals surface area contributed by atoms with Crippen molar-refractivity contribution in [2.75, 3.05) is 26.4 Å². The number of carbonyl (C=O) groups is 2. The van der Waals surface area contributed by atoms with Crippen LogP contribution in [0.25, 0.3) is 0 Å². The smallest absolute Gasteiger partial charge is 0.222 e. The fourth-order valence-electron chi connectivity index (χ4n) is 1.34. The second-order valence-corrected chi connectivity index (χ2v) is 5.07. The summed E-state index contributed by atoms with van der Waals surface area (Å²) >= 11 is 0. The second-order valence-electron chi connectivity index (χ2n) is 5.07. The first kappa shape index (κ1) is 18.1. The number of nitrogens with one attached hydrogen (secondary N) is 1. The number of Topliss-reactive ketones (excluding diaryl/α,β-unsaturated/α-hetero) is 1. The number of rotatable bonds is 11. The zero-order valence-electron chi connectivity index (χ0n) is 12.5. The van der Waals surface area contributed by atoms with E-state index in [1.165, 1.54) is 0 Å². The summed E-state index contributed by atoms with van der Waals surface area (Å²) in [5.41, 5.74) is 0. The third kappa shape index (κ3) is 11.9. The maximum Gasteiger partial charge on any atom is 0.222 e. The predicted octanol–water partition coefficient (Wildman–Crippen LogP) is 1.55. The molecule has 0 aliphatic carbocycles. The van der Waals surface area contributed by atoms with Gasteiger partial charge in [0.2, 0.25) is 5.91 Å². The highest BCUT2D eigenvalue weighted by Crippen LogP contribution is 1.98. The van der Waals surface area contributed by atoms with Gasteiger partial charge in [-0.05, 0) is 13.8 Å². The number of hydrogen-bond donors (Lipinski definition) is 1. The molecule has 0 aromatic carbocycles. The quantitative estimate of drug-likeness (QED) is 0.580. The van der Waals surface area contributed by atoms with Crippen LogP contribution in [0.1, 0.15) is 40.5 Å². The number of ether oxygens (including phenoxy) is 2. The molecule has 5 heteroatoms. The lowest BCUT2D eigenvalue weighted by atomic mass is 10.1. The Morgan fingerprint density at radius 3 is 1.89 bits per heavy atom. The Hall–Kier alpha value is -0.940. The third-order valence-electron chi connectivity index (χ3n) is 2.43. The van der Waals surface area contributed by atoms with E-state index in [0.717, 1.165) is 0 Å². The van der Waals surface area contributed by atoms with E-state index in [0.29, 0.717) is 39.3 Å². The van der Waals surface area contributed by atoms with Crippen LogP contribution >= 0.6 is 0 Å². The number of carbonyl (C=O) groups excluding carboxylic acids is 2. The molecule has 0 saturated carbocycles. The number of amides is 1. The summed E-state index contributed by atoms with van der Waals surface area (Å²) in [5, 5.41) is 2.79. The van der Waals surface area contributed by atoms with Crippen LogP contribution in [0.15, 0.2) is 0 Å². The SMILES string of the molecule is CC(C)NC(=O)CCOCCOCCC(=O)C(C)C. The molecule has 0 aliphatic rings. The Morgan fingerprint density at radius 2 is 1.42 bits per heavy atom. The molecule has 0 atom stereocenters. The Kier molecular flexibility index (Phi) is 10.4. The van der Waals surface area contributed by atoms with E-state index in [9.17, 15) is 9.59 Å². The lowest BCUT2D eigenvalue weighted by molar-refractivity contribution is -0.124. The minimum absolute atomic E-state index is 0.00144. The zero-order valence-corrected chi connectivity index (χ0v) is 12.5. The molecule has 0 bridgehead atoms. The molecule has 1 N–H and O–H groups in total. The fraction of sp³-hybridized carbons (Fsp3) is 0.857. The van der Waals surface area contributed by atoms with Crippen LogP contribution in [0.5, 0.6) is 0 Å². The van der Waals surface area contributed by atoms with Crippen LogP contribution in [0.3, 0.4) is 0 Å². The predicted molar refractivity (Wildman–Crippen MR) is 74.0 cm³/mol. The third-order valence-corrected chi connectivity index (χ3v) is 2.43. The molecule has 0 saturated heterocycles. The first-order chi connectivity index (χ1) is 8.93. The van der Waals surface area contributed by atoms with E-state index in [1.807, 2.05) is 27.7 Å². The van der Waals surface area contributed by atoms with Gasteiger partial charge in [-0.2, -0.15) is 0 Å². The maximum absolute atomic E-state index is 11.3. The average molecular weight is 273 g/mol. The molecule has 1 amide bonds. The monoisotopic (exact) mass is 273 g/mol. The largest absolute Gasteiger partial charge is 0.379 e. The summed E-state index contributed by atoms with van der Waals surface area (Å²) in [6.45, 7) is 9.35. The number of ketones is 1. The van der Waals surface area contributed by atoms with Crippen molar-refractivity contribution in [2.24, 2.45) is 5.92 Å². The van der Waals surface area contributed by atoms with E-state index in [4.69, 9.17) is 9.47 Å². The van der Waals surface area contributed by atoms with Crippen molar-refractivity contribution in [3.05, 3.63) is 0 Å². The van der Waals surface area contributed by atoms with Gasteiger partial charge in [0.15, 0.2) is 0 Å². The van der Waals surface area contributed by atoms with Gasteiger partial charge < -0.3 is 14.8 Å². The standard InChI is InChI=1S/C14H27NO4/c1-11(2)13(16)5-7-18-9-10-19-8-6-14(17)15-12(3)4/h11-12H,5-10H2,1-4H3,(H,15,17). The average Bonchev–Trinajstić information content (AvgIpc) is 2.31. The molecule has 0 heterocycles. The molecule has 0 radical (unpaired) electrons. The topological polar surface area (TPSA) is 64.6 Å². The molecule has 19 heavy (non-hydrogen) atoms. The summed E-state index contributed by atoms with van der Waals surface area (Å²) in [4.78, 5) is 22.6. The van der Waals surface area contributed by atoms with Crippen molar-refractivity contribution < 1.29 is 19.1 Å². The molecule has 112 valence electrons. The first-order valence-electron chi connectivity index (χ1n) is 6.91. The Morgan fingerprint density at radius 1 is 0.895 bits per heavy atom. The molecule has 0 fully saturated rings. The highest BCUT2D eigenvalue weighted by Gasteiger charge is 2.06. The van der Waals surface area contributed by atoms with Crippen molar-refractivity contribution in [3.63, 3.8) is 0 Å². The maximum atomic E-state index is 11.3. The summed E-state index contributed by atoms with van der Waals surface area (Å²) < 4.78 is 10.5. The molecule has 0 unspecified atom stereocenters. The van der Waals surface area contributed by atoms with Crippen LogP contribution in [0, 0.1) is 5.92 Å². The number of hydrogen-bond acceptors (Lipinski definition) is 4. The minimum atomic E-state index is -0.00144. The zero-order chi connectivity index (χ0) is 14.7. The van der Waals surface area contributed by atoms with Crippen LogP contribution in [0.4, 0.5) is 0 Å². The molecule has 0 spiro atoms. The normalized spacial score (nSPS) is 11.1. The molecular weight excluding hydrogens is 246 g/mol. The lowest BCUT2D eigenvalue weighted by Gasteiger charge is -2.09. The summed E-state index contributed by atoms with van der Waals surface area (Å²) in [6, 6.07) is 0.161. The summed E-state index contributed by atoms with van der Waals surface area (Å²) in [7, 11) is 0. The van der Waals surface area contributed by atoms with Crippen LogP contribution in [-0.4, -0.2) is 44.2 Å². The van der Waals surface area contributed by atoms with Crippen LogP contribution < -0.4 is 5.32 Å². The molecule has 0 aromatic rings. The van der Waals surface area contributed by atoms with Gasteiger partial charge >= 0.3 is 0 Å². The van der Waals surface area contributed by atoms with Gasteiger partial charge in [0.05, 0.1) is 26.4 Å². The Labute approximate surface area is 116 Å². The molecule has 0 aliphatic heterocycles. The van der Waals surface area contributed by atoms with Crippen molar-refractivity contribution >= 4 is 11.7 Å². The fourth-order valence-corrected chi connectivity index (χ4v) is 1.34. The minimum Gasteiger partial charge on any atom is -0.379 e. The van der Waals surface area contributed by atoms with Gasteiger partial charge in [0.1, 0.15) is 5.78 Å². The van der Waals surface area contributed by atoms with Crippen molar-refractivity contribution in [2.45, 2.75) is 46.6 Å². The molecule has 5 nitrogen and oxygen atoms in total. The molecule has 0 rings (SSSR count).